The van der Waals surface area contributed by atoms with E-state index in [4.69, 9.17) is 4.74 Å². The number of carbonyl (C=O) groups excluding carboxylic acids is 1. The highest BCUT2D eigenvalue weighted by atomic mass is 16.5. The molecule has 1 aliphatic heterocycles. The number of ether oxygens (including phenoxy) is 1. The Hall–Kier alpha value is -3.00. The van der Waals surface area contributed by atoms with Gasteiger partial charge in [0.15, 0.2) is 0 Å². The molecule has 8 nitrogen and oxygen atoms in total. The molecule has 0 aliphatic carbocycles. The minimum atomic E-state index is -0.0991. The lowest BCUT2D eigenvalue weighted by Crippen LogP contribution is -2.44. The predicted molar refractivity (Wildman–Crippen MR) is 89.2 cm³/mol. The first-order chi connectivity index (χ1) is 12.2. The standard InChI is InChI=1S/C17H18N6O2/c1-21-7-3-6-15(21)16-11-25-9-8-22(16)17(24)13-4-2-5-14(10-13)23-12-18-19-20-23/h2-7,10,12,16H,8-9,11H2,1H3. The molecule has 128 valence electrons. The van der Waals surface area contributed by atoms with Crippen LogP contribution in [0.5, 0.6) is 0 Å². The van der Waals surface area contributed by atoms with Crippen LogP contribution in [-0.4, -0.2) is 55.3 Å². The van der Waals surface area contributed by atoms with Crippen LogP contribution in [0.25, 0.3) is 5.69 Å². The lowest BCUT2D eigenvalue weighted by Gasteiger charge is -2.36. The summed E-state index contributed by atoms with van der Waals surface area (Å²) in [6.45, 7) is 1.60. The molecule has 8 heteroatoms. The Morgan fingerprint density at radius 2 is 2.20 bits per heavy atom. The van der Waals surface area contributed by atoms with Gasteiger partial charge in [0, 0.05) is 31.0 Å². The molecule has 1 saturated heterocycles. The van der Waals surface area contributed by atoms with Gasteiger partial charge in [-0.1, -0.05) is 6.07 Å². The molecular weight excluding hydrogens is 320 g/mol. The van der Waals surface area contributed by atoms with Gasteiger partial charge in [0.05, 0.1) is 24.9 Å². The average Bonchev–Trinajstić information content (AvgIpc) is 3.33. The minimum Gasteiger partial charge on any atom is -0.377 e. The Morgan fingerprint density at radius 3 is 2.96 bits per heavy atom. The van der Waals surface area contributed by atoms with Gasteiger partial charge < -0.3 is 14.2 Å². The zero-order valence-corrected chi connectivity index (χ0v) is 13.8. The van der Waals surface area contributed by atoms with Crippen LogP contribution in [0.4, 0.5) is 0 Å². The van der Waals surface area contributed by atoms with Crippen LogP contribution in [0.1, 0.15) is 22.1 Å². The van der Waals surface area contributed by atoms with Gasteiger partial charge in [-0.05, 0) is 40.8 Å². The second kappa shape index (κ2) is 6.48. The first kappa shape index (κ1) is 15.5. The van der Waals surface area contributed by atoms with Gasteiger partial charge in [-0.25, -0.2) is 4.68 Å². The predicted octanol–water partition coefficient (Wildman–Crippen LogP) is 1.21. The third-order valence-electron chi connectivity index (χ3n) is 4.42. The highest BCUT2D eigenvalue weighted by Gasteiger charge is 2.30. The van der Waals surface area contributed by atoms with E-state index in [-0.39, 0.29) is 11.9 Å². The number of amides is 1. The molecule has 1 aromatic carbocycles. The number of rotatable bonds is 3. The summed E-state index contributed by atoms with van der Waals surface area (Å²) in [5.41, 5.74) is 2.42. The van der Waals surface area contributed by atoms with E-state index in [1.807, 2.05) is 53.0 Å². The first-order valence-electron chi connectivity index (χ1n) is 8.07. The Balaban J connectivity index is 1.65. The van der Waals surface area contributed by atoms with Crippen molar-refractivity contribution in [2.24, 2.45) is 7.05 Å². The molecule has 0 N–H and O–H groups in total. The van der Waals surface area contributed by atoms with Crippen molar-refractivity contribution < 1.29 is 9.53 Å². The van der Waals surface area contributed by atoms with E-state index < -0.39 is 0 Å². The van der Waals surface area contributed by atoms with Crippen LogP contribution in [0, 0.1) is 0 Å². The van der Waals surface area contributed by atoms with Crippen molar-refractivity contribution >= 4 is 5.91 Å². The van der Waals surface area contributed by atoms with E-state index >= 15 is 0 Å². The van der Waals surface area contributed by atoms with Crippen LogP contribution in [0.15, 0.2) is 48.9 Å². The fourth-order valence-electron chi connectivity index (χ4n) is 3.14. The number of hydrogen-bond acceptors (Lipinski definition) is 5. The van der Waals surface area contributed by atoms with Gasteiger partial charge in [0.25, 0.3) is 5.91 Å². The van der Waals surface area contributed by atoms with Gasteiger partial charge >= 0.3 is 0 Å². The maximum Gasteiger partial charge on any atom is 0.254 e. The van der Waals surface area contributed by atoms with Crippen molar-refractivity contribution in [3.8, 4) is 5.69 Å². The molecule has 4 rings (SSSR count). The Bertz CT molecular complexity index is 873. The Labute approximate surface area is 144 Å². The number of benzene rings is 1. The monoisotopic (exact) mass is 338 g/mol. The zero-order chi connectivity index (χ0) is 17.2. The molecule has 1 aliphatic rings. The van der Waals surface area contributed by atoms with E-state index in [9.17, 15) is 4.79 Å². The van der Waals surface area contributed by atoms with Gasteiger partial charge in [-0.3, -0.25) is 4.79 Å². The molecule has 0 saturated carbocycles. The summed E-state index contributed by atoms with van der Waals surface area (Å²) in [7, 11) is 1.98. The van der Waals surface area contributed by atoms with Crippen LogP contribution < -0.4 is 0 Å². The first-order valence-corrected chi connectivity index (χ1v) is 8.07. The highest BCUT2D eigenvalue weighted by molar-refractivity contribution is 5.95. The summed E-state index contributed by atoms with van der Waals surface area (Å²) >= 11 is 0. The molecule has 3 aromatic rings. The molecule has 25 heavy (non-hydrogen) atoms. The molecule has 0 spiro atoms. The summed E-state index contributed by atoms with van der Waals surface area (Å²) in [6, 6.07) is 11.2. The average molecular weight is 338 g/mol. The minimum absolute atomic E-state index is 0.0237. The molecule has 1 unspecified atom stereocenters. The molecule has 0 radical (unpaired) electrons. The fourth-order valence-corrected chi connectivity index (χ4v) is 3.14. The lowest BCUT2D eigenvalue weighted by molar-refractivity contribution is -0.00463. The fraction of sp³-hybridized carbons (Fsp3) is 0.294. The number of aromatic nitrogens is 5. The topological polar surface area (TPSA) is 78.1 Å². The SMILES string of the molecule is Cn1cccc1C1COCCN1C(=O)c1cccc(-n2cnnn2)c1. The Kier molecular flexibility index (Phi) is 4.02. The molecule has 3 heterocycles. The van der Waals surface area contributed by atoms with Crippen molar-refractivity contribution in [3.05, 3.63) is 60.2 Å². The number of hydrogen-bond donors (Lipinski definition) is 0. The molecular formula is C17H18N6O2. The van der Waals surface area contributed by atoms with Crippen molar-refractivity contribution in [1.29, 1.82) is 0 Å². The van der Waals surface area contributed by atoms with Crippen molar-refractivity contribution in [3.63, 3.8) is 0 Å². The van der Waals surface area contributed by atoms with Gasteiger partial charge in [-0.15, -0.1) is 5.10 Å². The van der Waals surface area contributed by atoms with Gasteiger partial charge in [-0.2, -0.15) is 0 Å². The van der Waals surface area contributed by atoms with Crippen LogP contribution in [0.3, 0.4) is 0 Å². The summed E-state index contributed by atoms with van der Waals surface area (Å²) in [4.78, 5) is 15.0. The smallest absolute Gasteiger partial charge is 0.254 e. The normalized spacial score (nSPS) is 17.6. The number of aryl methyl sites for hydroxylation is 1. The van der Waals surface area contributed by atoms with E-state index in [0.29, 0.717) is 25.3 Å². The van der Waals surface area contributed by atoms with Gasteiger partial charge in [0.1, 0.15) is 6.33 Å². The third kappa shape index (κ3) is 2.91. The molecule has 1 amide bonds. The molecule has 2 aromatic heterocycles. The van der Waals surface area contributed by atoms with Crippen molar-refractivity contribution in [1.82, 2.24) is 29.7 Å². The van der Waals surface area contributed by atoms with Crippen molar-refractivity contribution in [2.45, 2.75) is 6.04 Å². The summed E-state index contributed by atoms with van der Waals surface area (Å²) < 4.78 is 9.18. The molecule has 0 bridgehead atoms. The van der Waals surface area contributed by atoms with E-state index in [1.165, 1.54) is 11.0 Å². The summed E-state index contributed by atoms with van der Waals surface area (Å²) in [5.74, 6) is -0.0237. The molecule has 1 atom stereocenters. The number of carbonyl (C=O) groups is 1. The highest BCUT2D eigenvalue weighted by Crippen LogP contribution is 2.26. The Morgan fingerprint density at radius 1 is 1.28 bits per heavy atom. The molecule has 1 fully saturated rings. The van der Waals surface area contributed by atoms with E-state index in [2.05, 4.69) is 15.5 Å². The summed E-state index contributed by atoms with van der Waals surface area (Å²) in [6.07, 6.45) is 3.48. The lowest BCUT2D eigenvalue weighted by atomic mass is 10.1. The maximum atomic E-state index is 13.1. The van der Waals surface area contributed by atoms with Crippen LogP contribution >= 0.6 is 0 Å². The zero-order valence-electron chi connectivity index (χ0n) is 13.8. The second-order valence-electron chi connectivity index (χ2n) is 5.94. The number of nitrogens with zero attached hydrogens (tertiary/aromatic N) is 6. The van der Waals surface area contributed by atoms with E-state index in [0.717, 1.165) is 11.4 Å². The number of morpholine rings is 1. The second-order valence-corrected chi connectivity index (χ2v) is 5.94. The van der Waals surface area contributed by atoms with Crippen molar-refractivity contribution in [2.75, 3.05) is 19.8 Å². The summed E-state index contributed by atoms with van der Waals surface area (Å²) in [5, 5.41) is 11.1. The third-order valence-corrected chi connectivity index (χ3v) is 4.42. The van der Waals surface area contributed by atoms with Crippen LogP contribution in [0.2, 0.25) is 0 Å². The quantitative estimate of drug-likeness (QED) is 0.717. The van der Waals surface area contributed by atoms with E-state index in [1.54, 1.807) is 6.07 Å². The van der Waals surface area contributed by atoms with Crippen LogP contribution in [-0.2, 0) is 11.8 Å². The number of tetrazole rings is 1. The largest absolute Gasteiger partial charge is 0.377 e. The van der Waals surface area contributed by atoms with Gasteiger partial charge in [0.2, 0.25) is 0 Å². The maximum absolute atomic E-state index is 13.1.